The summed E-state index contributed by atoms with van der Waals surface area (Å²) in [5.74, 6) is 0.912. The molecule has 2 heterocycles. The van der Waals surface area contributed by atoms with Gasteiger partial charge in [0.25, 0.3) is 0 Å². The van der Waals surface area contributed by atoms with Crippen molar-refractivity contribution in [3.63, 3.8) is 0 Å². The molecule has 2 aromatic heterocycles. The number of hydrogen-bond donors (Lipinski definition) is 3. The minimum absolute atomic E-state index is 0.278. The Morgan fingerprint density at radius 3 is 2.32 bits per heavy atom. The average molecular weight is 450 g/mol. The van der Waals surface area contributed by atoms with Gasteiger partial charge in [0.05, 0.1) is 5.69 Å². The van der Waals surface area contributed by atoms with Crippen molar-refractivity contribution in [2.75, 3.05) is 22.9 Å². The van der Waals surface area contributed by atoms with E-state index < -0.39 is 0 Å². The number of nitrogen functional groups attached to an aromatic ring is 1. The second-order valence-electron chi connectivity index (χ2n) is 6.92. The lowest BCUT2D eigenvalue weighted by Crippen LogP contribution is -2.10. The van der Waals surface area contributed by atoms with Gasteiger partial charge < -0.3 is 16.4 Å². The molecule has 4 aromatic rings. The Morgan fingerprint density at radius 2 is 1.55 bits per heavy atom. The van der Waals surface area contributed by atoms with Crippen LogP contribution in [0.1, 0.15) is 5.69 Å². The largest absolute Gasteiger partial charge is 0.396 e. The van der Waals surface area contributed by atoms with Crippen LogP contribution in [0.2, 0.25) is 10.0 Å². The number of nitrogens with one attached hydrogen (secondary N) is 2. The number of halogens is 2. The Kier molecular flexibility index (Phi) is 6.55. The van der Waals surface area contributed by atoms with E-state index in [1.807, 2.05) is 54.6 Å². The highest BCUT2D eigenvalue weighted by molar-refractivity contribution is 6.41. The monoisotopic (exact) mass is 449 g/mol. The fourth-order valence-corrected chi connectivity index (χ4v) is 3.60. The van der Waals surface area contributed by atoms with Crippen molar-refractivity contribution in [3.05, 3.63) is 94.7 Å². The second kappa shape index (κ2) is 9.69. The van der Waals surface area contributed by atoms with Crippen molar-refractivity contribution >= 4 is 46.2 Å². The molecule has 31 heavy (non-hydrogen) atoms. The molecule has 0 bridgehead atoms. The molecule has 0 amide bonds. The third-order valence-corrected chi connectivity index (χ3v) is 5.51. The van der Waals surface area contributed by atoms with E-state index in [4.69, 9.17) is 28.9 Å². The zero-order chi connectivity index (χ0) is 21.6. The van der Waals surface area contributed by atoms with Crippen molar-refractivity contribution in [3.8, 4) is 11.1 Å². The maximum absolute atomic E-state index is 6.43. The summed E-state index contributed by atoms with van der Waals surface area (Å²) in [4.78, 5) is 8.89. The molecule has 0 radical (unpaired) electrons. The highest BCUT2D eigenvalue weighted by Gasteiger charge is 2.16. The molecule has 156 valence electrons. The molecule has 4 N–H and O–H groups in total. The van der Waals surface area contributed by atoms with E-state index in [0.717, 1.165) is 28.9 Å². The zero-order valence-electron chi connectivity index (χ0n) is 16.6. The van der Waals surface area contributed by atoms with Gasteiger partial charge in [-0.15, -0.1) is 0 Å². The van der Waals surface area contributed by atoms with Crippen molar-refractivity contribution < 1.29 is 0 Å². The molecule has 0 aliphatic rings. The van der Waals surface area contributed by atoms with Gasteiger partial charge in [0.1, 0.15) is 15.9 Å². The Bertz CT molecular complexity index is 1170. The molecular weight excluding hydrogens is 429 g/mol. The first kappa shape index (κ1) is 21.0. The summed E-state index contributed by atoms with van der Waals surface area (Å²) < 4.78 is 0. The number of nitrogens with two attached hydrogens (primary N) is 1. The first-order chi connectivity index (χ1) is 15.1. The summed E-state index contributed by atoms with van der Waals surface area (Å²) in [6.45, 7) is 0.605. The van der Waals surface area contributed by atoms with Gasteiger partial charge in [0.2, 0.25) is 0 Å². The lowest BCUT2D eigenvalue weighted by molar-refractivity contribution is 0.954. The van der Waals surface area contributed by atoms with Crippen molar-refractivity contribution in [2.45, 2.75) is 6.42 Å². The first-order valence-corrected chi connectivity index (χ1v) is 10.6. The van der Waals surface area contributed by atoms with Crippen LogP contribution in [0.5, 0.6) is 0 Å². The smallest absolute Gasteiger partial charge is 0.153 e. The molecule has 5 nitrogen and oxygen atoms in total. The van der Waals surface area contributed by atoms with Gasteiger partial charge in [-0.25, -0.2) is 4.98 Å². The minimum atomic E-state index is 0.278. The maximum Gasteiger partial charge on any atom is 0.153 e. The number of rotatable bonds is 7. The average Bonchev–Trinajstić information content (AvgIpc) is 2.82. The highest BCUT2D eigenvalue weighted by atomic mass is 35.5. The SMILES string of the molecule is Nc1c(Cl)c(NCCc2ccccn2)nc(Nc2cccc(-c3ccccc3)c2)c1Cl. The highest BCUT2D eigenvalue weighted by Crippen LogP contribution is 2.38. The van der Waals surface area contributed by atoms with Gasteiger partial charge in [0, 0.05) is 30.5 Å². The van der Waals surface area contributed by atoms with Crippen molar-refractivity contribution in [2.24, 2.45) is 0 Å². The normalized spacial score (nSPS) is 10.6. The Labute approximate surface area is 191 Å². The molecule has 0 aliphatic carbocycles. The van der Waals surface area contributed by atoms with Gasteiger partial charge in [-0.1, -0.05) is 71.7 Å². The van der Waals surface area contributed by atoms with Crippen LogP contribution in [-0.4, -0.2) is 16.5 Å². The Balaban J connectivity index is 1.54. The third kappa shape index (κ3) is 5.08. The summed E-state index contributed by atoms with van der Waals surface area (Å²) in [5, 5.41) is 7.08. The molecule has 0 saturated carbocycles. The fraction of sp³-hybridized carbons (Fsp3) is 0.0833. The summed E-state index contributed by atoms with van der Waals surface area (Å²) >= 11 is 12.8. The molecule has 0 atom stereocenters. The second-order valence-corrected chi connectivity index (χ2v) is 7.68. The lowest BCUT2D eigenvalue weighted by Gasteiger charge is -2.15. The summed E-state index contributed by atoms with van der Waals surface area (Å²) in [7, 11) is 0. The van der Waals surface area contributed by atoms with Crippen LogP contribution in [0.3, 0.4) is 0 Å². The van der Waals surface area contributed by atoms with E-state index >= 15 is 0 Å². The van der Waals surface area contributed by atoms with Crippen LogP contribution in [0.4, 0.5) is 23.0 Å². The van der Waals surface area contributed by atoms with Crippen LogP contribution in [0.25, 0.3) is 11.1 Å². The van der Waals surface area contributed by atoms with Gasteiger partial charge in [0.15, 0.2) is 5.82 Å². The van der Waals surface area contributed by atoms with Gasteiger partial charge >= 0.3 is 0 Å². The molecule has 2 aromatic carbocycles. The molecular formula is C24H21Cl2N5. The molecule has 0 aliphatic heterocycles. The van der Waals surface area contributed by atoms with E-state index in [1.165, 1.54) is 0 Å². The molecule has 0 unspecified atom stereocenters. The summed E-state index contributed by atoms with van der Waals surface area (Å²) in [6.07, 6.45) is 2.50. The molecule has 0 fully saturated rings. The predicted molar refractivity (Wildman–Crippen MR) is 130 cm³/mol. The quantitative estimate of drug-likeness (QED) is 0.303. The molecule has 7 heteroatoms. The van der Waals surface area contributed by atoms with E-state index in [1.54, 1.807) is 6.20 Å². The van der Waals surface area contributed by atoms with Crippen molar-refractivity contribution in [1.82, 2.24) is 9.97 Å². The van der Waals surface area contributed by atoms with Crippen molar-refractivity contribution in [1.29, 1.82) is 0 Å². The zero-order valence-corrected chi connectivity index (χ0v) is 18.2. The fourth-order valence-electron chi connectivity index (χ4n) is 3.16. The Morgan fingerprint density at radius 1 is 0.806 bits per heavy atom. The van der Waals surface area contributed by atoms with Gasteiger partial charge in [-0.3, -0.25) is 4.98 Å². The van der Waals surface area contributed by atoms with Gasteiger partial charge in [-0.05, 0) is 35.4 Å². The van der Waals surface area contributed by atoms with Crippen LogP contribution in [0, 0.1) is 0 Å². The maximum atomic E-state index is 6.43. The number of pyridine rings is 2. The van der Waals surface area contributed by atoms with Crippen LogP contribution >= 0.6 is 23.2 Å². The standard InChI is InChI=1S/C24H21Cl2N5/c25-20-22(27)21(26)24(31-23(20)29-14-12-18-10-4-5-13-28-18)30-19-11-6-9-17(15-19)16-7-2-1-3-8-16/h1-11,13,15H,12,14H2,(H4,27,29,30,31). The van der Waals surface area contributed by atoms with Crippen LogP contribution < -0.4 is 16.4 Å². The van der Waals surface area contributed by atoms with Crippen LogP contribution in [0.15, 0.2) is 79.0 Å². The Hall–Kier alpha value is -3.28. The van der Waals surface area contributed by atoms with Gasteiger partial charge in [-0.2, -0.15) is 0 Å². The first-order valence-electron chi connectivity index (χ1n) is 9.82. The van der Waals surface area contributed by atoms with Crippen LogP contribution in [-0.2, 0) is 6.42 Å². The van der Waals surface area contributed by atoms with E-state index in [0.29, 0.717) is 23.2 Å². The molecule has 0 spiro atoms. The number of anilines is 4. The third-order valence-electron chi connectivity index (χ3n) is 4.74. The molecule has 4 rings (SSSR count). The lowest BCUT2D eigenvalue weighted by atomic mass is 10.1. The number of aromatic nitrogens is 2. The predicted octanol–water partition coefficient (Wildman–Crippen LogP) is 6.43. The summed E-state index contributed by atoms with van der Waals surface area (Å²) in [5.41, 5.74) is 10.4. The number of hydrogen-bond acceptors (Lipinski definition) is 5. The van der Waals surface area contributed by atoms with E-state index in [9.17, 15) is 0 Å². The molecule has 0 saturated heterocycles. The van der Waals surface area contributed by atoms with E-state index in [-0.39, 0.29) is 10.7 Å². The number of benzene rings is 2. The van der Waals surface area contributed by atoms with E-state index in [2.05, 4.69) is 38.8 Å². The minimum Gasteiger partial charge on any atom is -0.396 e. The topological polar surface area (TPSA) is 75.9 Å². The number of nitrogens with zero attached hydrogens (tertiary/aromatic N) is 2. The summed E-state index contributed by atoms with van der Waals surface area (Å²) in [6, 6.07) is 24.0.